The van der Waals surface area contributed by atoms with Crippen molar-refractivity contribution in [3.05, 3.63) is 47.4 Å². The van der Waals surface area contributed by atoms with Gasteiger partial charge in [-0.2, -0.15) is 0 Å². The van der Waals surface area contributed by atoms with Gasteiger partial charge in [-0.15, -0.1) is 0 Å². The number of methoxy groups -OCH3 is 1. The summed E-state index contributed by atoms with van der Waals surface area (Å²) in [5.41, 5.74) is 3.24. The number of aryl methyl sites for hydroxylation is 1. The number of H-pyrrole nitrogens is 1. The van der Waals surface area contributed by atoms with Gasteiger partial charge in [0, 0.05) is 35.7 Å². The molecule has 0 bridgehead atoms. The van der Waals surface area contributed by atoms with Crippen molar-refractivity contribution < 1.29 is 14.3 Å². The number of pyridine rings is 2. The van der Waals surface area contributed by atoms with Gasteiger partial charge in [-0.1, -0.05) is 19.9 Å². The molecule has 30 heavy (non-hydrogen) atoms. The first-order valence-electron chi connectivity index (χ1n) is 9.88. The van der Waals surface area contributed by atoms with Crippen LogP contribution in [0.25, 0.3) is 11.0 Å². The molecule has 1 aliphatic heterocycles. The van der Waals surface area contributed by atoms with E-state index in [1.807, 2.05) is 39.1 Å². The fourth-order valence-electron chi connectivity index (χ4n) is 3.68. The van der Waals surface area contributed by atoms with Crippen LogP contribution in [-0.4, -0.2) is 45.4 Å². The molecule has 1 saturated heterocycles. The number of amides is 3. The van der Waals surface area contributed by atoms with E-state index >= 15 is 0 Å². The first-order valence-corrected chi connectivity index (χ1v) is 9.88. The Morgan fingerprint density at radius 2 is 2.13 bits per heavy atom. The number of aromatic amines is 1. The van der Waals surface area contributed by atoms with Crippen LogP contribution in [0.1, 0.15) is 37.1 Å². The SMILES string of the molecule is COc1cnc2[nH]cc(Cc3ccc(NC(=O)N4CCC(C)(C)C4=O)nc3C)c2c1. The summed E-state index contributed by atoms with van der Waals surface area (Å²) in [6, 6.07) is 5.24. The van der Waals surface area contributed by atoms with Crippen LogP contribution in [0.15, 0.2) is 30.6 Å². The summed E-state index contributed by atoms with van der Waals surface area (Å²) in [6.07, 6.45) is 4.95. The summed E-state index contributed by atoms with van der Waals surface area (Å²) >= 11 is 0. The van der Waals surface area contributed by atoms with Gasteiger partial charge in [-0.3, -0.25) is 15.0 Å². The summed E-state index contributed by atoms with van der Waals surface area (Å²) in [5, 5.41) is 3.75. The van der Waals surface area contributed by atoms with E-state index in [1.165, 1.54) is 4.90 Å². The molecular weight excluding hydrogens is 382 g/mol. The summed E-state index contributed by atoms with van der Waals surface area (Å²) in [7, 11) is 1.62. The number of fused-ring (bicyclic) bond motifs is 1. The summed E-state index contributed by atoms with van der Waals surface area (Å²) in [6.45, 7) is 6.04. The largest absolute Gasteiger partial charge is 0.495 e. The number of rotatable bonds is 4. The Morgan fingerprint density at radius 1 is 1.33 bits per heavy atom. The van der Waals surface area contributed by atoms with Gasteiger partial charge in [0.1, 0.15) is 17.2 Å². The number of ether oxygens (including phenoxy) is 1. The minimum atomic E-state index is -0.499. The van der Waals surface area contributed by atoms with Crippen molar-refractivity contribution in [3.63, 3.8) is 0 Å². The van der Waals surface area contributed by atoms with Crippen molar-refractivity contribution in [2.24, 2.45) is 5.41 Å². The molecule has 2 N–H and O–H groups in total. The average Bonchev–Trinajstić information content (AvgIpc) is 3.23. The number of nitrogens with one attached hydrogen (secondary N) is 2. The molecule has 0 radical (unpaired) electrons. The number of aromatic nitrogens is 3. The van der Waals surface area contributed by atoms with Crippen LogP contribution in [0.5, 0.6) is 5.75 Å². The second kappa shape index (κ2) is 7.44. The molecule has 0 atom stereocenters. The van der Waals surface area contributed by atoms with Gasteiger partial charge in [-0.25, -0.2) is 14.8 Å². The third kappa shape index (κ3) is 3.60. The van der Waals surface area contributed by atoms with E-state index in [9.17, 15) is 9.59 Å². The smallest absolute Gasteiger partial charge is 0.329 e. The van der Waals surface area contributed by atoms with Gasteiger partial charge in [0.15, 0.2) is 0 Å². The third-order valence-corrected chi connectivity index (χ3v) is 5.67. The van der Waals surface area contributed by atoms with Gasteiger partial charge in [0.05, 0.1) is 13.3 Å². The van der Waals surface area contributed by atoms with Crippen LogP contribution in [0.2, 0.25) is 0 Å². The van der Waals surface area contributed by atoms with Crippen LogP contribution in [0.4, 0.5) is 10.6 Å². The maximum atomic E-state index is 12.5. The number of likely N-dealkylation sites (tertiary alicyclic amines) is 1. The number of hydrogen-bond donors (Lipinski definition) is 2. The highest BCUT2D eigenvalue weighted by atomic mass is 16.5. The maximum absolute atomic E-state index is 12.5. The van der Waals surface area contributed by atoms with Gasteiger partial charge >= 0.3 is 6.03 Å². The Hall–Kier alpha value is -3.42. The van der Waals surface area contributed by atoms with Crippen LogP contribution in [0.3, 0.4) is 0 Å². The highest BCUT2D eigenvalue weighted by molar-refractivity contribution is 6.03. The Balaban J connectivity index is 1.50. The predicted octanol–water partition coefficient (Wildman–Crippen LogP) is 3.66. The van der Waals surface area contributed by atoms with Crippen LogP contribution in [-0.2, 0) is 11.2 Å². The molecule has 4 heterocycles. The highest BCUT2D eigenvalue weighted by Crippen LogP contribution is 2.31. The van der Waals surface area contributed by atoms with E-state index < -0.39 is 11.4 Å². The van der Waals surface area contributed by atoms with Crippen LogP contribution < -0.4 is 10.1 Å². The Kier molecular flexibility index (Phi) is 4.93. The van der Waals surface area contributed by atoms with E-state index in [4.69, 9.17) is 4.74 Å². The number of carbonyl (C=O) groups is 2. The van der Waals surface area contributed by atoms with Crippen molar-refractivity contribution >= 4 is 28.8 Å². The lowest BCUT2D eigenvalue weighted by atomic mass is 9.92. The Morgan fingerprint density at radius 3 is 2.80 bits per heavy atom. The monoisotopic (exact) mass is 407 g/mol. The first-order chi connectivity index (χ1) is 14.3. The molecule has 0 saturated carbocycles. The minimum absolute atomic E-state index is 0.156. The normalized spacial score (nSPS) is 15.6. The van der Waals surface area contributed by atoms with Crippen molar-refractivity contribution in [1.29, 1.82) is 0 Å². The average molecular weight is 407 g/mol. The number of carbonyl (C=O) groups excluding carboxylic acids is 2. The Bertz CT molecular complexity index is 1140. The second-order valence-corrected chi connectivity index (χ2v) is 8.22. The zero-order valence-electron chi connectivity index (χ0n) is 17.6. The molecule has 3 amide bonds. The molecule has 1 aliphatic rings. The number of urea groups is 1. The van der Waals surface area contributed by atoms with E-state index in [-0.39, 0.29) is 5.91 Å². The first kappa shape index (κ1) is 19.9. The zero-order valence-corrected chi connectivity index (χ0v) is 17.6. The molecule has 8 heteroatoms. The van der Waals surface area contributed by atoms with Crippen molar-refractivity contribution in [3.8, 4) is 5.75 Å². The lowest BCUT2D eigenvalue weighted by Crippen LogP contribution is -2.39. The number of imide groups is 1. The van der Waals surface area contributed by atoms with Crippen molar-refractivity contribution in [2.75, 3.05) is 19.0 Å². The minimum Gasteiger partial charge on any atom is -0.495 e. The molecule has 0 unspecified atom stereocenters. The number of nitrogens with zero attached hydrogens (tertiary/aromatic N) is 3. The third-order valence-electron chi connectivity index (χ3n) is 5.67. The highest BCUT2D eigenvalue weighted by Gasteiger charge is 2.41. The standard InChI is InChI=1S/C22H25N5O3/c1-13-14(9-15-11-23-19-17(15)10-16(30-4)12-24-19)5-6-18(25-13)26-21(29)27-8-7-22(2,3)20(27)28/h5-6,10-12H,7-9H2,1-4H3,(H,23,24)(H,25,26,29). The summed E-state index contributed by atoms with van der Waals surface area (Å²) < 4.78 is 5.28. The lowest BCUT2D eigenvalue weighted by molar-refractivity contribution is -0.131. The molecule has 0 spiro atoms. The van der Waals surface area contributed by atoms with Gasteiger partial charge in [-0.05, 0) is 36.6 Å². The van der Waals surface area contributed by atoms with E-state index in [1.54, 1.807) is 19.4 Å². The summed E-state index contributed by atoms with van der Waals surface area (Å²) in [4.78, 5) is 38.2. The van der Waals surface area contributed by atoms with E-state index in [2.05, 4.69) is 20.3 Å². The molecule has 0 aliphatic carbocycles. The summed E-state index contributed by atoms with van der Waals surface area (Å²) in [5.74, 6) is 0.980. The van der Waals surface area contributed by atoms with Gasteiger partial charge in [0.25, 0.3) is 0 Å². The number of hydrogen-bond acceptors (Lipinski definition) is 5. The van der Waals surface area contributed by atoms with Crippen molar-refractivity contribution in [2.45, 2.75) is 33.6 Å². The lowest BCUT2D eigenvalue weighted by Gasteiger charge is -2.18. The fraction of sp³-hybridized carbons (Fsp3) is 0.364. The maximum Gasteiger partial charge on any atom is 0.329 e. The molecule has 3 aromatic rings. The van der Waals surface area contributed by atoms with Crippen LogP contribution >= 0.6 is 0 Å². The van der Waals surface area contributed by atoms with Crippen LogP contribution in [0, 0.1) is 12.3 Å². The fourth-order valence-corrected chi connectivity index (χ4v) is 3.68. The molecular formula is C22H25N5O3. The molecule has 156 valence electrons. The second-order valence-electron chi connectivity index (χ2n) is 8.22. The Labute approximate surface area is 174 Å². The van der Waals surface area contributed by atoms with Crippen molar-refractivity contribution in [1.82, 2.24) is 19.9 Å². The van der Waals surface area contributed by atoms with Gasteiger partial charge in [0.2, 0.25) is 5.91 Å². The number of anilines is 1. The van der Waals surface area contributed by atoms with Gasteiger partial charge < -0.3 is 9.72 Å². The molecule has 0 aromatic carbocycles. The topological polar surface area (TPSA) is 100 Å². The molecule has 3 aromatic heterocycles. The molecule has 4 rings (SSSR count). The van der Waals surface area contributed by atoms with E-state index in [0.717, 1.165) is 27.9 Å². The predicted molar refractivity (Wildman–Crippen MR) is 114 cm³/mol. The van der Waals surface area contributed by atoms with E-state index in [0.29, 0.717) is 31.0 Å². The zero-order chi connectivity index (χ0) is 21.5. The molecule has 8 nitrogen and oxygen atoms in total. The molecule has 1 fully saturated rings. The quantitative estimate of drug-likeness (QED) is 0.687.